The zero-order valence-electron chi connectivity index (χ0n) is 13.8. The van der Waals surface area contributed by atoms with E-state index in [4.69, 9.17) is 17.0 Å². The van der Waals surface area contributed by atoms with Gasteiger partial charge in [0.2, 0.25) is 10.0 Å². The molecule has 6 nitrogen and oxygen atoms in total. The minimum absolute atomic E-state index is 0.179. The van der Waals surface area contributed by atoms with E-state index in [2.05, 4.69) is 10.6 Å². The van der Waals surface area contributed by atoms with E-state index in [0.717, 1.165) is 0 Å². The maximum absolute atomic E-state index is 13.2. The molecule has 0 saturated carbocycles. The van der Waals surface area contributed by atoms with Gasteiger partial charge in [0.15, 0.2) is 5.11 Å². The van der Waals surface area contributed by atoms with Crippen molar-refractivity contribution < 1.29 is 17.5 Å². The van der Waals surface area contributed by atoms with Gasteiger partial charge in [0.05, 0.1) is 18.1 Å². The fourth-order valence-corrected chi connectivity index (χ4v) is 4.22. The first-order chi connectivity index (χ1) is 12.4. The molecule has 0 bridgehead atoms. The summed E-state index contributed by atoms with van der Waals surface area (Å²) in [7, 11) is -3.58. The molecule has 9 heteroatoms. The minimum atomic E-state index is -3.58. The predicted octanol–water partition coefficient (Wildman–Crippen LogP) is 2.66. The Morgan fingerprint density at radius 3 is 2.31 bits per heavy atom. The number of rotatable bonds is 4. The van der Waals surface area contributed by atoms with Gasteiger partial charge in [-0.3, -0.25) is 0 Å². The van der Waals surface area contributed by atoms with Crippen LogP contribution in [-0.2, 0) is 14.8 Å². The SMILES string of the molecule is O=S(=O)(c1cccc(NC(=S)Nc2cccc(F)c2)c1)N1CCOCC1. The van der Waals surface area contributed by atoms with Crippen molar-refractivity contribution in [3.05, 3.63) is 54.3 Å². The monoisotopic (exact) mass is 395 g/mol. The third-order valence-electron chi connectivity index (χ3n) is 3.78. The number of sulfonamides is 1. The van der Waals surface area contributed by atoms with Crippen molar-refractivity contribution in [2.75, 3.05) is 36.9 Å². The summed E-state index contributed by atoms with van der Waals surface area (Å²) < 4.78 is 45.2. The molecule has 2 aromatic carbocycles. The maximum Gasteiger partial charge on any atom is 0.243 e. The first kappa shape index (κ1) is 18.7. The van der Waals surface area contributed by atoms with Crippen LogP contribution in [0, 0.1) is 5.82 Å². The van der Waals surface area contributed by atoms with Crippen LogP contribution in [0.5, 0.6) is 0 Å². The molecule has 0 spiro atoms. The number of halogens is 1. The Hall–Kier alpha value is -2.07. The normalized spacial score (nSPS) is 15.4. The zero-order valence-corrected chi connectivity index (χ0v) is 15.4. The van der Waals surface area contributed by atoms with Crippen molar-refractivity contribution >= 4 is 38.7 Å². The van der Waals surface area contributed by atoms with Gasteiger partial charge < -0.3 is 15.4 Å². The van der Waals surface area contributed by atoms with Gasteiger partial charge in [-0.05, 0) is 48.6 Å². The highest BCUT2D eigenvalue weighted by atomic mass is 32.2. The summed E-state index contributed by atoms with van der Waals surface area (Å²) in [5.74, 6) is -0.378. The summed E-state index contributed by atoms with van der Waals surface area (Å²) in [6, 6.07) is 12.3. The largest absolute Gasteiger partial charge is 0.379 e. The Bertz CT molecular complexity index is 900. The first-order valence-electron chi connectivity index (χ1n) is 7.97. The van der Waals surface area contributed by atoms with Crippen LogP contribution in [0.1, 0.15) is 0 Å². The second-order valence-electron chi connectivity index (χ2n) is 5.63. The Morgan fingerprint density at radius 1 is 1.04 bits per heavy atom. The molecule has 1 aliphatic rings. The first-order valence-corrected chi connectivity index (χ1v) is 9.81. The number of hydrogen-bond donors (Lipinski definition) is 2. The van der Waals surface area contributed by atoms with Crippen molar-refractivity contribution in [2.45, 2.75) is 4.90 Å². The van der Waals surface area contributed by atoms with Crippen molar-refractivity contribution in [1.29, 1.82) is 0 Å². The zero-order chi connectivity index (χ0) is 18.6. The Kier molecular flexibility index (Phi) is 5.82. The number of morpholine rings is 1. The van der Waals surface area contributed by atoms with E-state index in [9.17, 15) is 12.8 Å². The van der Waals surface area contributed by atoms with Gasteiger partial charge in [-0.2, -0.15) is 4.31 Å². The number of ether oxygens (including phenoxy) is 1. The molecule has 1 saturated heterocycles. The van der Waals surface area contributed by atoms with Crippen LogP contribution in [0.3, 0.4) is 0 Å². The van der Waals surface area contributed by atoms with Gasteiger partial charge in [0.25, 0.3) is 0 Å². The molecule has 0 aliphatic carbocycles. The van der Waals surface area contributed by atoms with Crippen LogP contribution in [-0.4, -0.2) is 44.1 Å². The van der Waals surface area contributed by atoms with E-state index < -0.39 is 10.0 Å². The Morgan fingerprint density at radius 2 is 1.65 bits per heavy atom. The van der Waals surface area contributed by atoms with Crippen LogP contribution in [0.4, 0.5) is 15.8 Å². The number of nitrogens with one attached hydrogen (secondary N) is 2. The lowest BCUT2D eigenvalue weighted by Crippen LogP contribution is -2.40. The van der Waals surface area contributed by atoms with Crippen molar-refractivity contribution in [2.24, 2.45) is 0 Å². The Balaban J connectivity index is 1.71. The highest BCUT2D eigenvalue weighted by Crippen LogP contribution is 2.21. The van der Waals surface area contributed by atoms with Gasteiger partial charge in [0, 0.05) is 24.5 Å². The smallest absolute Gasteiger partial charge is 0.243 e. The van der Waals surface area contributed by atoms with Crippen LogP contribution in [0.15, 0.2) is 53.4 Å². The lowest BCUT2D eigenvalue weighted by Gasteiger charge is -2.26. The molecule has 138 valence electrons. The molecule has 26 heavy (non-hydrogen) atoms. The summed E-state index contributed by atoms with van der Waals surface area (Å²) in [6.45, 7) is 1.44. The molecule has 0 radical (unpaired) electrons. The fraction of sp³-hybridized carbons (Fsp3) is 0.235. The summed E-state index contributed by atoms with van der Waals surface area (Å²) in [6.07, 6.45) is 0. The number of thiocarbonyl (C=S) groups is 1. The number of hydrogen-bond acceptors (Lipinski definition) is 4. The van der Waals surface area contributed by atoms with Gasteiger partial charge in [-0.1, -0.05) is 12.1 Å². The molecule has 3 rings (SSSR count). The van der Waals surface area contributed by atoms with Crippen LogP contribution in [0.25, 0.3) is 0 Å². The molecule has 2 N–H and O–H groups in total. The summed E-state index contributed by atoms with van der Waals surface area (Å²) >= 11 is 5.20. The molecular formula is C17H18FN3O3S2. The Labute approximate surface area is 157 Å². The lowest BCUT2D eigenvalue weighted by molar-refractivity contribution is 0.0730. The highest BCUT2D eigenvalue weighted by Gasteiger charge is 2.26. The predicted molar refractivity (Wildman–Crippen MR) is 102 cm³/mol. The molecule has 0 unspecified atom stereocenters. The van der Waals surface area contributed by atoms with Crippen molar-refractivity contribution in [1.82, 2.24) is 4.31 Å². The van der Waals surface area contributed by atoms with E-state index in [1.807, 2.05) is 0 Å². The van der Waals surface area contributed by atoms with E-state index in [0.29, 0.717) is 37.7 Å². The van der Waals surface area contributed by atoms with Crippen molar-refractivity contribution in [3.63, 3.8) is 0 Å². The maximum atomic E-state index is 13.2. The summed E-state index contributed by atoms with van der Waals surface area (Å²) in [4.78, 5) is 0.179. The molecule has 1 aliphatic heterocycles. The summed E-state index contributed by atoms with van der Waals surface area (Å²) in [5, 5.41) is 6.01. The number of benzene rings is 2. The molecule has 2 aromatic rings. The number of anilines is 2. The molecule has 0 aromatic heterocycles. The van der Waals surface area contributed by atoms with Crippen molar-refractivity contribution in [3.8, 4) is 0 Å². The molecule has 0 amide bonds. The minimum Gasteiger partial charge on any atom is -0.379 e. The quantitative estimate of drug-likeness (QED) is 0.776. The van der Waals surface area contributed by atoms with E-state index in [1.165, 1.54) is 22.5 Å². The summed E-state index contributed by atoms with van der Waals surface area (Å²) in [5.41, 5.74) is 1.02. The van der Waals surface area contributed by atoms with E-state index >= 15 is 0 Å². The molecular weight excluding hydrogens is 377 g/mol. The fourth-order valence-electron chi connectivity index (χ4n) is 2.53. The topological polar surface area (TPSA) is 70.7 Å². The average molecular weight is 395 g/mol. The standard InChI is InChI=1S/C17H18FN3O3S2/c18-13-3-1-4-14(11-13)19-17(25)20-15-5-2-6-16(12-15)26(22,23)21-7-9-24-10-8-21/h1-6,11-12H,7-10H2,(H2,19,20,25). The lowest BCUT2D eigenvalue weighted by atomic mass is 10.3. The van der Waals surface area contributed by atoms with Crippen LogP contribution >= 0.6 is 12.2 Å². The van der Waals surface area contributed by atoms with Gasteiger partial charge in [-0.15, -0.1) is 0 Å². The third kappa shape index (κ3) is 4.55. The molecule has 0 atom stereocenters. The average Bonchev–Trinajstić information content (AvgIpc) is 2.62. The second-order valence-corrected chi connectivity index (χ2v) is 7.98. The van der Waals surface area contributed by atoms with Gasteiger partial charge >= 0.3 is 0 Å². The molecule has 1 fully saturated rings. The van der Waals surface area contributed by atoms with E-state index in [1.54, 1.807) is 30.3 Å². The number of nitrogens with zero attached hydrogens (tertiary/aromatic N) is 1. The van der Waals surface area contributed by atoms with Crippen LogP contribution < -0.4 is 10.6 Å². The molecule has 1 heterocycles. The van der Waals surface area contributed by atoms with Crippen LogP contribution in [0.2, 0.25) is 0 Å². The third-order valence-corrected chi connectivity index (χ3v) is 5.88. The highest BCUT2D eigenvalue weighted by molar-refractivity contribution is 7.89. The van der Waals surface area contributed by atoms with Gasteiger partial charge in [-0.25, -0.2) is 12.8 Å². The van der Waals surface area contributed by atoms with E-state index in [-0.39, 0.29) is 15.8 Å². The second kappa shape index (κ2) is 8.09. The van der Waals surface area contributed by atoms with Gasteiger partial charge in [0.1, 0.15) is 5.82 Å².